The van der Waals surface area contributed by atoms with Crippen molar-refractivity contribution in [1.82, 2.24) is 5.32 Å². The normalized spacial score (nSPS) is 10.5. The van der Waals surface area contributed by atoms with E-state index >= 15 is 0 Å². The summed E-state index contributed by atoms with van der Waals surface area (Å²) in [6.45, 7) is 5.99. The molecule has 0 aliphatic heterocycles. The predicted octanol–water partition coefficient (Wildman–Crippen LogP) is 2.34. The third-order valence-electron chi connectivity index (χ3n) is 3.41. The van der Waals surface area contributed by atoms with Gasteiger partial charge in [-0.05, 0) is 38.0 Å². The lowest BCUT2D eigenvalue weighted by Gasteiger charge is -2.28. The van der Waals surface area contributed by atoms with Crippen LogP contribution in [0.4, 0.5) is 0 Å². The van der Waals surface area contributed by atoms with E-state index < -0.39 is 0 Å². The number of aliphatic hydroxyl groups excluding tert-OH is 1. The van der Waals surface area contributed by atoms with E-state index in [1.165, 1.54) is 0 Å². The smallest absolute Gasteiger partial charge is 0.251 e. The number of carbonyl (C=O) groups is 1. The Morgan fingerprint density at radius 1 is 1.37 bits per heavy atom. The lowest BCUT2D eigenvalue weighted by Crippen LogP contribution is -2.44. The molecule has 1 aromatic carbocycles. The summed E-state index contributed by atoms with van der Waals surface area (Å²) in [5.74, 6) is 5.29. The number of hydrogen-bond donors (Lipinski definition) is 2. The Labute approximate surface area is 115 Å². The monoisotopic (exact) mass is 259 g/mol. The molecule has 1 rings (SSSR count). The Kier molecular flexibility index (Phi) is 5.59. The van der Waals surface area contributed by atoms with Gasteiger partial charge in [-0.3, -0.25) is 4.79 Å². The van der Waals surface area contributed by atoms with Crippen LogP contribution in [0.1, 0.15) is 49.5 Å². The molecular formula is C16H21NO2. The van der Waals surface area contributed by atoms with Crippen LogP contribution in [0.2, 0.25) is 0 Å². The van der Waals surface area contributed by atoms with E-state index in [9.17, 15) is 4.79 Å². The van der Waals surface area contributed by atoms with Crippen LogP contribution in [0.15, 0.2) is 24.3 Å². The highest BCUT2D eigenvalue weighted by Gasteiger charge is 2.22. The molecule has 0 radical (unpaired) electrons. The van der Waals surface area contributed by atoms with Gasteiger partial charge in [0.1, 0.15) is 6.61 Å². The van der Waals surface area contributed by atoms with Crippen LogP contribution >= 0.6 is 0 Å². The predicted molar refractivity (Wildman–Crippen MR) is 76.9 cm³/mol. The molecule has 102 valence electrons. The van der Waals surface area contributed by atoms with Gasteiger partial charge in [-0.25, -0.2) is 0 Å². The first-order valence-corrected chi connectivity index (χ1v) is 6.57. The minimum Gasteiger partial charge on any atom is -0.384 e. The number of aliphatic hydroxyl groups is 1. The minimum atomic E-state index is -0.180. The second-order valence-corrected chi connectivity index (χ2v) is 4.76. The largest absolute Gasteiger partial charge is 0.384 e. The van der Waals surface area contributed by atoms with Gasteiger partial charge >= 0.3 is 0 Å². The van der Waals surface area contributed by atoms with Gasteiger partial charge in [0.2, 0.25) is 0 Å². The highest BCUT2D eigenvalue weighted by Crippen LogP contribution is 2.15. The average Bonchev–Trinajstić information content (AvgIpc) is 2.45. The van der Waals surface area contributed by atoms with E-state index in [-0.39, 0.29) is 18.1 Å². The number of carbonyl (C=O) groups excluding carboxylic acids is 1. The molecule has 0 spiro atoms. The van der Waals surface area contributed by atoms with Gasteiger partial charge in [-0.1, -0.05) is 31.8 Å². The zero-order chi connectivity index (χ0) is 14.3. The molecule has 0 aliphatic carbocycles. The fraction of sp³-hybridized carbons (Fsp3) is 0.438. The van der Waals surface area contributed by atoms with E-state index in [1.807, 2.05) is 13.0 Å². The Balaban J connectivity index is 2.88. The van der Waals surface area contributed by atoms with Crippen molar-refractivity contribution in [3.63, 3.8) is 0 Å². The Hall–Kier alpha value is -1.79. The van der Waals surface area contributed by atoms with Crippen molar-refractivity contribution in [2.75, 3.05) is 6.61 Å². The molecule has 0 heterocycles. The molecule has 0 aliphatic rings. The maximum Gasteiger partial charge on any atom is 0.251 e. The summed E-state index contributed by atoms with van der Waals surface area (Å²) in [5.41, 5.74) is 1.15. The van der Waals surface area contributed by atoms with Crippen molar-refractivity contribution < 1.29 is 9.90 Å². The summed E-state index contributed by atoms with van der Waals surface area (Å²) in [5, 5.41) is 11.7. The zero-order valence-corrected chi connectivity index (χ0v) is 11.8. The molecule has 3 nitrogen and oxygen atoms in total. The third-order valence-corrected chi connectivity index (χ3v) is 3.41. The van der Waals surface area contributed by atoms with E-state index in [0.29, 0.717) is 5.56 Å². The molecular weight excluding hydrogens is 238 g/mol. The standard InChI is InChI=1S/C16H21NO2/c1-4-16(3,5-2)17-15(19)14-10-6-8-13(12-14)9-7-11-18/h6,8,10,12,18H,4-5,11H2,1-3H3,(H,17,19). The summed E-state index contributed by atoms with van der Waals surface area (Å²) in [6.07, 6.45) is 1.78. The molecule has 0 saturated heterocycles. The molecule has 2 N–H and O–H groups in total. The second kappa shape index (κ2) is 6.96. The first-order chi connectivity index (χ1) is 9.04. The fourth-order valence-corrected chi connectivity index (χ4v) is 1.65. The van der Waals surface area contributed by atoms with E-state index in [4.69, 9.17) is 5.11 Å². The number of hydrogen-bond acceptors (Lipinski definition) is 2. The van der Waals surface area contributed by atoms with Crippen LogP contribution in [0.25, 0.3) is 0 Å². The highest BCUT2D eigenvalue weighted by atomic mass is 16.2. The van der Waals surface area contributed by atoms with Crippen LogP contribution in [-0.2, 0) is 0 Å². The highest BCUT2D eigenvalue weighted by molar-refractivity contribution is 5.95. The van der Waals surface area contributed by atoms with Crippen molar-refractivity contribution in [3.05, 3.63) is 35.4 Å². The molecule has 1 amide bonds. The molecule has 1 aromatic rings. The molecule has 0 fully saturated rings. The Morgan fingerprint density at radius 2 is 2.05 bits per heavy atom. The van der Waals surface area contributed by atoms with Gasteiger partial charge in [0.15, 0.2) is 0 Å². The Morgan fingerprint density at radius 3 is 2.63 bits per heavy atom. The van der Waals surface area contributed by atoms with Crippen LogP contribution < -0.4 is 5.32 Å². The van der Waals surface area contributed by atoms with E-state index in [2.05, 4.69) is 31.0 Å². The van der Waals surface area contributed by atoms with Crippen LogP contribution in [0.5, 0.6) is 0 Å². The van der Waals surface area contributed by atoms with Crippen molar-refractivity contribution >= 4 is 5.91 Å². The number of rotatable bonds is 4. The maximum atomic E-state index is 12.2. The van der Waals surface area contributed by atoms with Crippen LogP contribution in [0, 0.1) is 11.8 Å². The van der Waals surface area contributed by atoms with Crippen LogP contribution in [0.3, 0.4) is 0 Å². The molecule has 0 atom stereocenters. The van der Waals surface area contributed by atoms with E-state index in [0.717, 1.165) is 18.4 Å². The fourth-order valence-electron chi connectivity index (χ4n) is 1.65. The lowest BCUT2D eigenvalue weighted by molar-refractivity contribution is 0.0901. The second-order valence-electron chi connectivity index (χ2n) is 4.76. The van der Waals surface area contributed by atoms with Gasteiger partial charge in [0.25, 0.3) is 5.91 Å². The molecule has 0 unspecified atom stereocenters. The minimum absolute atomic E-state index is 0.0844. The van der Waals surface area contributed by atoms with Gasteiger partial charge < -0.3 is 10.4 Å². The topological polar surface area (TPSA) is 49.3 Å². The van der Waals surface area contributed by atoms with Crippen molar-refractivity contribution in [1.29, 1.82) is 0 Å². The van der Waals surface area contributed by atoms with Crippen molar-refractivity contribution in [2.45, 2.75) is 39.2 Å². The summed E-state index contributed by atoms with van der Waals surface area (Å²) in [4.78, 5) is 12.2. The molecule has 19 heavy (non-hydrogen) atoms. The quantitative estimate of drug-likeness (QED) is 0.815. The molecule has 3 heteroatoms. The maximum absolute atomic E-state index is 12.2. The average molecular weight is 259 g/mol. The van der Waals surface area contributed by atoms with Gasteiger partial charge in [0, 0.05) is 16.7 Å². The summed E-state index contributed by atoms with van der Waals surface area (Å²) in [7, 11) is 0. The number of benzene rings is 1. The lowest BCUT2D eigenvalue weighted by atomic mass is 9.95. The number of amides is 1. The first kappa shape index (κ1) is 15.3. The van der Waals surface area contributed by atoms with Crippen LogP contribution in [-0.4, -0.2) is 23.2 Å². The summed E-state index contributed by atoms with van der Waals surface area (Å²) in [6, 6.07) is 7.12. The van der Waals surface area contributed by atoms with Crippen molar-refractivity contribution in [2.24, 2.45) is 0 Å². The third kappa shape index (κ3) is 4.42. The zero-order valence-electron chi connectivity index (χ0n) is 11.8. The van der Waals surface area contributed by atoms with Gasteiger partial charge in [0.05, 0.1) is 0 Å². The van der Waals surface area contributed by atoms with Gasteiger partial charge in [-0.2, -0.15) is 0 Å². The molecule has 0 bridgehead atoms. The Bertz CT molecular complexity index is 493. The molecule has 0 saturated carbocycles. The SMILES string of the molecule is CCC(C)(CC)NC(=O)c1cccc(C#CCO)c1. The molecule has 0 aromatic heterocycles. The van der Waals surface area contributed by atoms with E-state index in [1.54, 1.807) is 18.2 Å². The van der Waals surface area contributed by atoms with Gasteiger partial charge in [-0.15, -0.1) is 0 Å². The summed E-state index contributed by atoms with van der Waals surface area (Å²) < 4.78 is 0. The number of nitrogens with one attached hydrogen (secondary N) is 1. The summed E-state index contributed by atoms with van der Waals surface area (Å²) >= 11 is 0. The van der Waals surface area contributed by atoms with Crippen molar-refractivity contribution in [3.8, 4) is 11.8 Å². The first-order valence-electron chi connectivity index (χ1n) is 6.57.